The Kier molecular flexibility index (Phi) is 5.96. The highest BCUT2D eigenvalue weighted by atomic mass is 35.5. The molecule has 1 heterocycles. The lowest BCUT2D eigenvalue weighted by Crippen LogP contribution is -2.05. The third-order valence-electron chi connectivity index (χ3n) is 4.37. The van der Waals surface area contributed by atoms with Crippen LogP contribution in [0.4, 0.5) is 13.2 Å². The number of hydrogen-bond donors (Lipinski definition) is 2. The topological polar surface area (TPSA) is 41.8 Å². The van der Waals surface area contributed by atoms with Crippen molar-refractivity contribution in [3.05, 3.63) is 56.5 Å². The molecule has 0 aliphatic heterocycles. The summed E-state index contributed by atoms with van der Waals surface area (Å²) < 4.78 is 40.6. The zero-order valence-corrected chi connectivity index (χ0v) is 16.3. The molecule has 0 unspecified atom stereocenters. The van der Waals surface area contributed by atoms with Gasteiger partial charge in [0.15, 0.2) is 0 Å². The number of H-pyrrole nitrogens is 1. The molecule has 144 valence electrons. The number of fused-ring (bicyclic) bond motifs is 1. The number of nitrogens with one attached hydrogen (secondary N) is 1. The molecule has 0 aliphatic rings. The molecule has 2 aromatic carbocycles. The van der Waals surface area contributed by atoms with Crippen LogP contribution in [0.15, 0.2) is 30.3 Å². The van der Waals surface area contributed by atoms with E-state index in [1.165, 1.54) is 0 Å². The van der Waals surface area contributed by atoms with Crippen LogP contribution in [0.25, 0.3) is 22.2 Å². The van der Waals surface area contributed by atoms with Crippen LogP contribution in [0.3, 0.4) is 0 Å². The second-order valence-electron chi connectivity index (χ2n) is 6.22. The second-order valence-corrected chi connectivity index (χ2v) is 7.50. The molecule has 0 fully saturated rings. The van der Waals surface area contributed by atoms with E-state index in [1.54, 1.807) is 24.3 Å². The number of hydrogen-bond acceptors (Lipinski definition) is 1. The summed E-state index contributed by atoms with van der Waals surface area (Å²) in [5.74, 6) is 0. The lowest BCUT2D eigenvalue weighted by atomic mass is 9.99. The Labute approximate surface area is 169 Å². The van der Waals surface area contributed by atoms with Crippen molar-refractivity contribution in [2.75, 3.05) is 6.54 Å². The van der Waals surface area contributed by atoms with Crippen molar-refractivity contribution < 1.29 is 13.2 Å². The fourth-order valence-corrected chi connectivity index (χ4v) is 3.89. The molecule has 1 aromatic heterocycles. The molecule has 0 amide bonds. The number of benzene rings is 2. The Bertz CT molecular complexity index is 980. The van der Waals surface area contributed by atoms with Gasteiger partial charge in [-0.05, 0) is 61.7 Å². The summed E-state index contributed by atoms with van der Waals surface area (Å²) in [6.45, 7) is 0.508. The maximum Gasteiger partial charge on any atom is 0.418 e. The number of alkyl halides is 3. The van der Waals surface area contributed by atoms with Gasteiger partial charge in [0.1, 0.15) is 0 Å². The molecule has 0 radical (unpaired) electrons. The Morgan fingerprint density at radius 2 is 1.70 bits per heavy atom. The summed E-state index contributed by atoms with van der Waals surface area (Å²) >= 11 is 18.3. The first-order valence-corrected chi connectivity index (χ1v) is 9.42. The average Bonchev–Trinajstić information content (AvgIpc) is 2.92. The third-order valence-corrected chi connectivity index (χ3v) is 5.13. The number of aromatic nitrogens is 1. The fourth-order valence-electron chi connectivity index (χ4n) is 3.17. The first-order chi connectivity index (χ1) is 12.7. The molecule has 8 heteroatoms. The van der Waals surface area contributed by atoms with E-state index in [0.717, 1.165) is 24.5 Å². The highest BCUT2D eigenvalue weighted by molar-refractivity contribution is 6.36. The maximum atomic E-state index is 13.5. The smallest absolute Gasteiger partial charge is 0.354 e. The van der Waals surface area contributed by atoms with E-state index >= 15 is 0 Å². The number of halogens is 6. The lowest BCUT2D eigenvalue weighted by molar-refractivity contribution is -0.136. The summed E-state index contributed by atoms with van der Waals surface area (Å²) in [5.41, 5.74) is 6.61. The highest BCUT2D eigenvalue weighted by Crippen LogP contribution is 2.42. The van der Waals surface area contributed by atoms with Gasteiger partial charge in [-0.3, -0.25) is 0 Å². The Balaban J connectivity index is 2.29. The summed E-state index contributed by atoms with van der Waals surface area (Å²) in [6.07, 6.45) is -2.50. The highest BCUT2D eigenvalue weighted by Gasteiger charge is 2.34. The van der Waals surface area contributed by atoms with Crippen molar-refractivity contribution in [3.63, 3.8) is 0 Å². The molecule has 3 rings (SSSR count). The molecular formula is C19H16Cl3F3N2. The van der Waals surface area contributed by atoms with Crippen LogP contribution in [0.2, 0.25) is 15.1 Å². The summed E-state index contributed by atoms with van der Waals surface area (Å²) in [6, 6.07) is 7.38. The average molecular weight is 436 g/mol. The van der Waals surface area contributed by atoms with Crippen molar-refractivity contribution in [1.82, 2.24) is 4.98 Å². The normalized spacial score (nSPS) is 12.1. The zero-order chi connectivity index (χ0) is 19.8. The maximum absolute atomic E-state index is 13.5. The minimum atomic E-state index is -4.54. The number of unbranched alkanes of at least 4 members (excludes halogenated alkanes) is 1. The monoisotopic (exact) mass is 434 g/mol. The molecule has 3 N–H and O–H groups in total. The molecule has 27 heavy (non-hydrogen) atoms. The number of nitrogens with two attached hydrogens (primary N) is 1. The van der Waals surface area contributed by atoms with E-state index in [2.05, 4.69) is 4.98 Å². The minimum Gasteiger partial charge on any atom is -0.354 e. The van der Waals surface area contributed by atoms with Gasteiger partial charge in [0.05, 0.1) is 21.8 Å². The van der Waals surface area contributed by atoms with Crippen LogP contribution >= 0.6 is 34.8 Å². The molecule has 3 aromatic rings. The van der Waals surface area contributed by atoms with Gasteiger partial charge in [-0.15, -0.1) is 0 Å². The SMILES string of the molecule is NCCCCc1c(-c2ccc(Cl)cc2Cl)[nH]c2c(C(F)(F)F)cc(Cl)cc12. The molecule has 0 spiro atoms. The van der Waals surface area contributed by atoms with Crippen LogP contribution < -0.4 is 5.73 Å². The first kappa shape index (κ1) is 20.3. The molecule has 0 saturated heterocycles. The van der Waals surface area contributed by atoms with Crippen molar-refractivity contribution in [2.24, 2.45) is 5.73 Å². The van der Waals surface area contributed by atoms with Crippen molar-refractivity contribution in [1.29, 1.82) is 0 Å². The standard InChI is InChI=1S/C19H16Cl3F3N2/c20-10-4-5-13(16(22)9-10)17-12(3-1-2-6-26)14-7-11(21)8-15(18(14)27-17)19(23,24)25/h4-5,7-9,27H,1-3,6,26H2. The number of rotatable bonds is 5. The Morgan fingerprint density at radius 3 is 2.33 bits per heavy atom. The van der Waals surface area contributed by atoms with Gasteiger partial charge in [-0.2, -0.15) is 13.2 Å². The quantitative estimate of drug-likeness (QED) is 0.412. The van der Waals surface area contributed by atoms with E-state index in [0.29, 0.717) is 39.7 Å². The van der Waals surface area contributed by atoms with Gasteiger partial charge < -0.3 is 10.7 Å². The van der Waals surface area contributed by atoms with E-state index in [4.69, 9.17) is 40.5 Å². The van der Waals surface area contributed by atoms with Gasteiger partial charge >= 0.3 is 6.18 Å². The van der Waals surface area contributed by atoms with Crippen molar-refractivity contribution >= 4 is 45.7 Å². The molecule has 0 bridgehead atoms. The van der Waals surface area contributed by atoms with E-state index < -0.39 is 11.7 Å². The number of aryl methyl sites for hydroxylation is 1. The largest absolute Gasteiger partial charge is 0.418 e. The molecular weight excluding hydrogens is 420 g/mol. The van der Waals surface area contributed by atoms with Gasteiger partial charge in [-0.25, -0.2) is 0 Å². The van der Waals surface area contributed by atoms with Crippen molar-refractivity contribution in [2.45, 2.75) is 25.4 Å². The summed E-state index contributed by atoms with van der Waals surface area (Å²) in [5, 5.41) is 1.27. The minimum absolute atomic E-state index is 0.00401. The fraction of sp³-hybridized carbons (Fsp3) is 0.263. The van der Waals surface area contributed by atoms with Gasteiger partial charge in [0.2, 0.25) is 0 Å². The van der Waals surface area contributed by atoms with Crippen molar-refractivity contribution in [3.8, 4) is 11.3 Å². The Hall–Kier alpha value is -1.40. The number of aromatic amines is 1. The predicted molar refractivity (Wildman–Crippen MR) is 106 cm³/mol. The molecule has 2 nitrogen and oxygen atoms in total. The van der Waals surface area contributed by atoms with Crippen LogP contribution in [-0.4, -0.2) is 11.5 Å². The van der Waals surface area contributed by atoms with E-state index in [9.17, 15) is 13.2 Å². The van der Waals surface area contributed by atoms with E-state index in [-0.39, 0.29) is 10.5 Å². The molecule has 0 atom stereocenters. The van der Waals surface area contributed by atoms with E-state index in [1.807, 2.05) is 0 Å². The second kappa shape index (κ2) is 7.92. The van der Waals surface area contributed by atoms with Gasteiger partial charge in [0.25, 0.3) is 0 Å². The van der Waals surface area contributed by atoms with Crippen LogP contribution in [-0.2, 0) is 12.6 Å². The van der Waals surface area contributed by atoms with Crippen LogP contribution in [0.5, 0.6) is 0 Å². The third kappa shape index (κ3) is 4.21. The van der Waals surface area contributed by atoms with Crippen LogP contribution in [0.1, 0.15) is 24.0 Å². The molecule has 0 saturated carbocycles. The first-order valence-electron chi connectivity index (χ1n) is 8.29. The lowest BCUT2D eigenvalue weighted by Gasteiger charge is -2.09. The summed E-state index contributed by atoms with van der Waals surface area (Å²) in [4.78, 5) is 2.93. The summed E-state index contributed by atoms with van der Waals surface area (Å²) in [7, 11) is 0. The molecule has 0 aliphatic carbocycles. The van der Waals surface area contributed by atoms with Gasteiger partial charge in [-0.1, -0.05) is 34.8 Å². The van der Waals surface area contributed by atoms with Crippen LogP contribution in [0, 0.1) is 0 Å². The predicted octanol–water partition coefficient (Wildman–Crippen LogP) is 7.10. The van der Waals surface area contributed by atoms with Gasteiger partial charge in [0, 0.05) is 21.0 Å². The Morgan fingerprint density at radius 1 is 0.963 bits per heavy atom. The zero-order valence-electron chi connectivity index (χ0n) is 14.1.